The zero-order valence-corrected chi connectivity index (χ0v) is 16.3. The number of hydrogen-bond donors (Lipinski definition) is 1. The van der Waals surface area contributed by atoms with Gasteiger partial charge in [0.15, 0.2) is 5.96 Å². The predicted octanol–water partition coefficient (Wildman–Crippen LogP) is 3.21. The number of hydrogen-bond acceptors (Lipinski definition) is 2. The first kappa shape index (κ1) is 18.5. The highest BCUT2D eigenvalue weighted by molar-refractivity contribution is 9.10. The third-order valence-corrected chi connectivity index (χ3v) is 4.14. The second kappa shape index (κ2) is 9.47. The van der Waals surface area contributed by atoms with E-state index < -0.39 is 0 Å². The molecule has 6 heteroatoms. The number of rotatable bonds is 7. The number of aromatic nitrogens is 2. The number of benzene rings is 1. The molecule has 0 aliphatic carbocycles. The van der Waals surface area contributed by atoms with Gasteiger partial charge in [0, 0.05) is 50.0 Å². The fourth-order valence-electron chi connectivity index (χ4n) is 2.53. The van der Waals surface area contributed by atoms with Crippen molar-refractivity contribution >= 4 is 21.9 Å². The van der Waals surface area contributed by atoms with E-state index in [0.717, 1.165) is 42.9 Å². The summed E-state index contributed by atoms with van der Waals surface area (Å²) in [5, 5.41) is 7.58. The van der Waals surface area contributed by atoms with E-state index in [1.165, 1.54) is 11.1 Å². The summed E-state index contributed by atoms with van der Waals surface area (Å²) in [6.45, 7) is 4.56. The van der Waals surface area contributed by atoms with Crippen LogP contribution in [0.3, 0.4) is 0 Å². The lowest BCUT2D eigenvalue weighted by Crippen LogP contribution is -2.38. The molecule has 1 N–H and O–H groups in total. The van der Waals surface area contributed by atoms with Crippen LogP contribution in [-0.2, 0) is 20.0 Å². The number of aryl methyl sites for hydroxylation is 2. The Morgan fingerprint density at radius 1 is 1.38 bits per heavy atom. The Morgan fingerprint density at radius 2 is 2.21 bits per heavy atom. The Kier molecular flexibility index (Phi) is 7.31. The molecule has 0 atom stereocenters. The Labute approximate surface area is 152 Å². The van der Waals surface area contributed by atoms with E-state index in [9.17, 15) is 0 Å². The van der Waals surface area contributed by atoms with Crippen molar-refractivity contribution in [2.24, 2.45) is 12.0 Å². The molecule has 24 heavy (non-hydrogen) atoms. The molecule has 2 rings (SSSR count). The van der Waals surface area contributed by atoms with Gasteiger partial charge in [-0.2, -0.15) is 5.10 Å². The van der Waals surface area contributed by atoms with Crippen molar-refractivity contribution in [3.05, 3.63) is 52.3 Å². The molecule has 2 aromatic rings. The minimum atomic E-state index is 0.797. The van der Waals surface area contributed by atoms with Crippen LogP contribution in [0, 0.1) is 0 Å². The van der Waals surface area contributed by atoms with Gasteiger partial charge in [0.05, 0.1) is 6.20 Å². The predicted molar refractivity (Wildman–Crippen MR) is 103 cm³/mol. The van der Waals surface area contributed by atoms with Crippen LogP contribution in [0.15, 0.2) is 46.1 Å². The fourth-order valence-corrected chi connectivity index (χ4v) is 2.98. The number of nitrogens with one attached hydrogen (secondary N) is 1. The molecule has 0 fully saturated rings. The summed E-state index contributed by atoms with van der Waals surface area (Å²) in [4.78, 5) is 6.88. The van der Waals surface area contributed by atoms with Gasteiger partial charge in [-0.3, -0.25) is 9.67 Å². The molecule has 1 aromatic heterocycles. The molecule has 0 spiro atoms. The minimum Gasteiger partial charge on any atom is -0.357 e. The molecule has 130 valence electrons. The maximum Gasteiger partial charge on any atom is 0.193 e. The topological polar surface area (TPSA) is 45.5 Å². The molecule has 0 saturated heterocycles. The summed E-state index contributed by atoms with van der Waals surface area (Å²) in [5.41, 5.74) is 2.52. The zero-order chi connectivity index (χ0) is 17.4. The molecule has 5 nitrogen and oxygen atoms in total. The van der Waals surface area contributed by atoms with Crippen LogP contribution in [0.5, 0.6) is 0 Å². The van der Waals surface area contributed by atoms with Crippen LogP contribution < -0.4 is 5.32 Å². The quantitative estimate of drug-likeness (QED) is 0.447. The molecule has 1 heterocycles. The van der Waals surface area contributed by atoms with Gasteiger partial charge in [-0.25, -0.2) is 0 Å². The van der Waals surface area contributed by atoms with Crippen molar-refractivity contribution < 1.29 is 0 Å². The van der Waals surface area contributed by atoms with E-state index in [0.29, 0.717) is 0 Å². The lowest BCUT2D eigenvalue weighted by Gasteiger charge is -2.21. The Hall–Kier alpha value is -1.82. The number of nitrogens with zero attached hydrogens (tertiary/aromatic N) is 4. The summed E-state index contributed by atoms with van der Waals surface area (Å²) in [7, 11) is 3.99. The van der Waals surface area contributed by atoms with E-state index in [-0.39, 0.29) is 0 Å². The highest BCUT2D eigenvalue weighted by Gasteiger charge is 2.07. The van der Waals surface area contributed by atoms with Gasteiger partial charge < -0.3 is 10.2 Å². The average Bonchev–Trinajstić information content (AvgIpc) is 2.95. The summed E-state index contributed by atoms with van der Waals surface area (Å²) in [6.07, 6.45) is 6.00. The summed E-state index contributed by atoms with van der Waals surface area (Å²) in [5.74, 6) is 0.940. The molecule has 0 aliphatic rings. The molecule has 0 unspecified atom stereocenters. The Bertz CT molecular complexity index is 665. The van der Waals surface area contributed by atoms with Crippen molar-refractivity contribution in [3.8, 4) is 0 Å². The first-order valence-electron chi connectivity index (χ1n) is 8.30. The fraction of sp³-hybridized carbons (Fsp3) is 0.444. The number of halogens is 1. The lowest BCUT2D eigenvalue weighted by molar-refractivity contribution is 0.476. The van der Waals surface area contributed by atoms with Crippen molar-refractivity contribution in [3.63, 3.8) is 0 Å². The van der Waals surface area contributed by atoms with Crippen LogP contribution in [0.25, 0.3) is 0 Å². The molecule has 0 aliphatic heterocycles. The molecular formula is C18H26BrN5. The van der Waals surface area contributed by atoms with Gasteiger partial charge in [0.1, 0.15) is 0 Å². The Balaban J connectivity index is 1.87. The molecular weight excluding hydrogens is 366 g/mol. The van der Waals surface area contributed by atoms with Crippen LogP contribution in [-0.4, -0.2) is 40.8 Å². The highest BCUT2D eigenvalue weighted by atomic mass is 79.9. The van der Waals surface area contributed by atoms with Gasteiger partial charge in [0.25, 0.3) is 0 Å². The van der Waals surface area contributed by atoms with E-state index in [4.69, 9.17) is 4.99 Å². The largest absolute Gasteiger partial charge is 0.357 e. The zero-order valence-electron chi connectivity index (χ0n) is 14.7. The Morgan fingerprint density at radius 3 is 2.88 bits per heavy atom. The van der Waals surface area contributed by atoms with E-state index in [1.807, 2.05) is 24.1 Å². The van der Waals surface area contributed by atoms with Crippen LogP contribution in [0.2, 0.25) is 0 Å². The van der Waals surface area contributed by atoms with Crippen molar-refractivity contribution in [2.75, 3.05) is 20.1 Å². The maximum absolute atomic E-state index is 4.75. The number of guanidine groups is 1. The van der Waals surface area contributed by atoms with Crippen molar-refractivity contribution in [1.82, 2.24) is 20.0 Å². The SMILES string of the molecule is CCNC(=NCCCc1cccc(Br)c1)N(C)Cc1cnn(C)c1. The van der Waals surface area contributed by atoms with E-state index in [1.54, 1.807) is 0 Å². The third kappa shape index (κ3) is 6.00. The summed E-state index contributed by atoms with van der Waals surface area (Å²) >= 11 is 3.52. The molecule has 0 amide bonds. The van der Waals surface area contributed by atoms with Crippen molar-refractivity contribution in [2.45, 2.75) is 26.3 Å². The van der Waals surface area contributed by atoms with Crippen LogP contribution >= 0.6 is 15.9 Å². The normalized spacial score (nSPS) is 11.6. The van der Waals surface area contributed by atoms with Crippen LogP contribution in [0.1, 0.15) is 24.5 Å². The van der Waals surface area contributed by atoms with E-state index >= 15 is 0 Å². The van der Waals surface area contributed by atoms with E-state index in [2.05, 4.69) is 69.5 Å². The highest BCUT2D eigenvalue weighted by Crippen LogP contribution is 2.13. The van der Waals surface area contributed by atoms with Crippen LogP contribution in [0.4, 0.5) is 0 Å². The maximum atomic E-state index is 4.75. The lowest BCUT2D eigenvalue weighted by atomic mass is 10.1. The van der Waals surface area contributed by atoms with Gasteiger partial charge in [0.2, 0.25) is 0 Å². The molecule has 0 radical (unpaired) electrons. The van der Waals surface area contributed by atoms with Crippen molar-refractivity contribution in [1.29, 1.82) is 0 Å². The monoisotopic (exact) mass is 391 g/mol. The third-order valence-electron chi connectivity index (χ3n) is 3.65. The summed E-state index contributed by atoms with van der Waals surface area (Å²) < 4.78 is 2.96. The smallest absolute Gasteiger partial charge is 0.193 e. The number of aliphatic imine (C=N–C) groups is 1. The first-order chi connectivity index (χ1) is 11.6. The van der Waals surface area contributed by atoms with Gasteiger partial charge in [-0.1, -0.05) is 28.1 Å². The summed E-state index contributed by atoms with van der Waals surface area (Å²) in [6, 6.07) is 8.46. The second-order valence-electron chi connectivity index (χ2n) is 5.85. The standard InChI is InChI=1S/C18H26BrN5/c1-4-20-18(23(2)13-16-12-22-24(3)14-16)21-10-6-8-15-7-5-9-17(19)11-15/h5,7,9,11-12,14H,4,6,8,10,13H2,1-3H3,(H,20,21). The second-order valence-corrected chi connectivity index (χ2v) is 6.76. The molecule has 0 bridgehead atoms. The van der Waals surface area contributed by atoms with Gasteiger partial charge >= 0.3 is 0 Å². The minimum absolute atomic E-state index is 0.797. The first-order valence-corrected chi connectivity index (χ1v) is 9.09. The molecule has 1 aromatic carbocycles. The van der Waals surface area contributed by atoms with Gasteiger partial charge in [-0.15, -0.1) is 0 Å². The average molecular weight is 392 g/mol. The van der Waals surface area contributed by atoms with Gasteiger partial charge in [-0.05, 0) is 37.5 Å². The molecule has 0 saturated carbocycles.